The molecule has 20 heavy (non-hydrogen) atoms. The quantitative estimate of drug-likeness (QED) is 0.859. The zero-order valence-corrected chi connectivity index (χ0v) is 11.7. The number of nitrogens with one attached hydrogen (secondary N) is 1. The van der Waals surface area contributed by atoms with E-state index in [9.17, 15) is 4.79 Å². The molecule has 5 nitrogen and oxygen atoms in total. The Hall–Kier alpha value is -1.75. The molecule has 0 saturated heterocycles. The summed E-state index contributed by atoms with van der Waals surface area (Å²) in [6.45, 7) is 3.92. The first-order valence-corrected chi connectivity index (χ1v) is 6.99. The Kier molecular flexibility index (Phi) is 5.24. The van der Waals surface area contributed by atoms with E-state index in [-0.39, 0.29) is 18.4 Å². The minimum Gasteiger partial charge on any atom is -0.490 e. The Balaban J connectivity index is 1.98. The lowest BCUT2D eigenvalue weighted by Gasteiger charge is -2.12. The van der Waals surface area contributed by atoms with Crippen LogP contribution in [-0.2, 0) is 0 Å². The zero-order chi connectivity index (χ0) is 14.4. The molecule has 0 spiro atoms. The second kappa shape index (κ2) is 7.14. The molecule has 1 amide bonds. The number of hydrogen-bond donors (Lipinski definition) is 2. The van der Waals surface area contributed by atoms with Crippen molar-refractivity contribution in [3.05, 3.63) is 23.8 Å². The van der Waals surface area contributed by atoms with Crippen molar-refractivity contribution in [2.24, 2.45) is 5.92 Å². The number of aliphatic hydroxyl groups excluding tert-OH is 1. The molecule has 1 atom stereocenters. The fraction of sp³-hybridized carbons (Fsp3) is 0.533. The molecule has 2 rings (SSSR count). The van der Waals surface area contributed by atoms with Crippen molar-refractivity contribution in [3.63, 3.8) is 0 Å². The van der Waals surface area contributed by atoms with E-state index in [2.05, 4.69) is 5.32 Å². The summed E-state index contributed by atoms with van der Waals surface area (Å²) in [4.78, 5) is 12.1. The zero-order valence-electron chi connectivity index (χ0n) is 11.7. The number of benzene rings is 1. The van der Waals surface area contributed by atoms with Crippen molar-refractivity contribution in [2.75, 3.05) is 26.4 Å². The van der Waals surface area contributed by atoms with Crippen LogP contribution < -0.4 is 14.8 Å². The van der Waals surface area contributed by atoms with E-state index in [0.717, 1.165) is 6.42 Å². The molecular weight excluding hydrogens is 258 g/mol. The van der Waals surface area contributed by atoms with Gasteiger partial charge in [0, 0.05) is 25.1 Å². The highest BCUT2D eigenvalue weighted by atomic mass is 16.5. The molecule has 1 aromatic carbocycles. The van der Waals surface area contributed by atoms with Crippen molar-refractivity contribution >= 4 is 5.91 Å². The molecule has 110 valence electrons. The van der Waals surface area contributed by atoms with E-state index in [1.54, 1.807) is 18.2 Å². The van der Waals surface area contributed by atoms with Crippen LogP contribution in [-0.4, -0.2) is 37.4 Å². The van der Waals surface area contributed by atoms with Crippen molar-refractivity contribution in [3.8, 4) is 11.5 Å². The Morgan fingerprint density at radius 3 is 2.85 bits per heavy atom. The molecule has 2 N–H and O–H groups in total. The minimum atomic E-state index is -0.134. The summed E-state index contributed by atoms with van der Waals surface area (Å²) in [5.41, 5.74) is 0.561. The van der Waals surface area contributed by atoms with Crippen LogP contribution in [0, 0.1) is 5.92 Å². The highest BCUT2D eigenvalue weighted by Crippen LogP contribution is 2.30. The molecule has 0 aromatic heterocycles. The van der Waals surface area contributed by atoms with Crippen LogP contribution >= 0.6 is 0 Å². The second-order valence-corrected chi connectivity index (χ2v) is 5.04. The highest BCUT2D eigenvalue weighted by Gasteiger charge is 2.14. The Morgan fingerprint density at radius 2 is 2.10 bits per heavy atom. The predicted molar refractivity (Wildman–Crippen MR) is 75.2 cm³/mol. The second-order valence-electron chi connectivity index (χ2n) is 5.04. The van der Waals surface area contributed by atoms with Crippen molar-refractivity contribution in [1.29, 1.82) is 0 Å². The lowest BCUT2D eigenvalue weighted by molar-refractivity contribution is 0.0945. The van der Waals surface area contributed by atoms with Crippen LogP contribution in [0.3, 0.4) is 0 Å². The molecule has 1 unspecified atom stereocenters. The van der Waals surface area contributed by atoms with Gasteiger partial charge in [-0.2, -0.15) is 0 Å². The Morgan fingerprint density at radius 1 is 1.35 bits per heavy atom. The third-order valence-corrected chi connectivity index (χ3v) is 3.24. The number of amides is 1. The maximum absolute atomic E-state index is 12.1. The summed E-state index contributed by atoms with van der Waals surface area (Å²) in [7, 11) is 0. The first kappa shape index (κ1) is 14.7. The van der Waals surface area contributed by atoms with E-state index < -0.39 is 0 Å². The number of carbonyl (C=O) groups excluding carboxylic acids is 1. The summed E-state index contributed by atoms with van der Waals surface area (Å²) >= 11 is 0. The smallest absolute Gasteiger partial charge is 0.251 e. The van der Waals surface area contributed by atoms with Crippen LogP contribution in [0.2, 0.25) is 0 Å². The molecular formula is C15H21NO4. The molecule has 0 aliphatic carbocycles. The van der Waals surface area contributed by atoms with Crippen LogP contribution in [0.5, 0.6) is 11.5 Å². The number of hydrogen-bond acceptors (Lipinski definition) is 4. The van der Waals surface area contributed by atoms with Gasteiger partial charge in [-0.3, -0.25) is 4.79 Å². The summed E-state index contributed by atoms with van der Waals surface area (Å²) in [5, 5.41) is 11.7. The van der Waals surface area contributed by atoms with Gasteiger partial charge in [-0.15, -0.1) is 0 Å². The summed E-state index contributed by atoms with van der Waals surface area (Å²) < 4.78 is 11.1. The van der Waals surface area contributed by atoms with Crippen LogP contribution in [0.4, 0.5) is 0 Å². The molecule has 1 aliphatic heterocycles. The van der Waals surface area contributed by atoms with E-state index in [1.807, 2.05) is 6.92 Å². The van der Waals surface area contributed by atoms with E-state index in [1.165, 1.54) is 0 Å². The summed E-state index contributed by atoms with van der Waals surface area (Å²) in [6, 6.07) is 5.22. The summed E-state index contributed by atoms with van der Waals surface area (Å²) in [5.74, 6) is 1.43. The number of aliphatic hydroxyl groups is 1. The van der Waals surface area contributed by atoms with Gasteiger partial charge < -0.3 is 19.9 Å². The maximum Gasteiger partial charge on any atom is 0.251 e. The number of carbonyl (C=O) groups is 1. The standard InChI is InChI=1S/C15H21NO4/c1-11(5-6-17)10-16-15(18)12-3-4-13-14(9-12)20-8-2-7-19-13/h3-4,9,11,17H,2,5-8,10H2,1H3,(H,16,18). The van der Waals surface area contributed by atoms with Gasteiger partial charge in [0.25, 0.3) is 5.91 Å². The molecule has 1 aromatic rings. The van der Waals surface area contributed by atoms with E-state index in [0.29, 0.717) is 43.2 Å². The largest absolute Gasteiger partial charge is 0.490 e. The van der Waals surface area contributed by atoms with Gasteiger partial charge in [-0.05, 0) is 30.5 Å². The SMILES string of the molecule is CC(CCO)CNC(=O)c1ccc2c(c1)OCCCO2. The van der Waals surface area contributed by atoms with Crippen molar-refractivity contribution in [2.45, 2.75) is 19.8 Å². The average molecular weight is 279 g/mol. The Labute approximate surface area is 118 Å². The molecule has 5 heteroatoms. The van der Waals surface area contributed by atoms with Crippen LogP contribution in [0.1, 0.15) is 30.1 Å². The molecule has 0 radical (unpaired) electrons. The van der Waals surface area contributed by atoms with Crippen LogP contribution in [0.25, 0.3) is 0 Å². The van der Waals surface area contributed by atoms with Gasteiger partial charge in [0.15, 0.2) is 11.5 Å². The third-order valence-electron chi connectivity index (χ3n) is 3.24. The average Bonchev–Trinajstić information content (AvgIpc) is 2.69. The lowest BCUT2D eigenvalue weighted by Crippen LogP contribution is -2.28. The van der Waals surface area contributed by atoms with Gasteiger partial charge in [0.1, 0.15) is 0 Å². The van der Waals surface area contributed by atoms with Gasteiger partial charge in [-0.25, -0.2) is 0 Å². The summed E-state index contributed by atoms with van der Waals surface area (Å²) in [6.07, 6.45) is 1.52. The molecule has 1 aliphatic rings. The minimum absolute atomic E-state index is 0.134. The van der Waals surface area contributed by atoms with E-state index >= 15 is 0 Å². The van der Waals surface area contributed by atoms with Gasteiger partial charge >= 0.3 is 0 Å². The number of rotatable bonds is 5. The topological polar surface area (TPSA) is 67.8 Å². The molecule has 0 fully saturated rings. The van der Waals surface area contributed by atoms with Crippen molar-refractivity contribution < 1.29 is 19.4 Å². The van der Waals surface area contributed by atoms with Crippen molar-refractivity contribution in [1.82, 2.24) is 5.32 Å². The fourth-order valence-corrected chi connectivity index (χ4v) is 2.00. The third kappa shape index (κ3) is 3.87. The monoisotopic (exact) mass is 279 g/mol. The van der Waals surface area contributed by atoms with E-state index in [4.69, 9.17) is 14.6 Å². The van der Waals surface area contributed by atoms with Gasteiger partial charge in [0.2, 0.25) is 0 Å². The maximum atomic E-state index is 12.1. The molecule has 1 heterocycles. The Bertz CT molecular complexity index is 461. The van der Waals surface area contributed by atoms with Crippen LogP contribution in [0.15, 0.2) is 18.2 Å². The number of ether oxygens (including phenoxy) is 2. The normalized spacial score (nSPS) is 15.3. The molecule has 0 bridgehead atoms. The lowest BCUT2D eigenvalue weighted by atomic mass is 10.1. The number of fused-ring (bicyclic) bond motifs is 1. The first-order valence-electron chi connectivity index (χ1n) is 6.99. The highest BCUT2D eigenvalue weighted by molar-refractivity contribution is 5.94. The van der Waals surface area contributed by atoms with Gasteiger partial charge in [-0.1, -0.05) is 6.92 Å². The van der Waals surface area contributed by atoms with Gasteiger partial charge in [0.05, 0.1) is 13.2 Å². The molecule has 0 saturated carbocycles. The predicted octanol–water partition coefficient (Wildman–Crippen LogP) is 1.60. The fourth-order valence-electron chi connectivity index (χ4n) is 2.00. The first-order chi connectivity index (χ1) is 9.70.